The van der Waals surface area contributed by atoms with Crippen LogP contribution in [0.5, 0.6) is 5.75 Å². The van der Waals surface area contributed by atoms with Crippen LogP contribution >= 0.6 is 11.8 Å². The number of aliphatic hydroxyl groups excluding tert-OH is 1. The van der Waals surface area contributed by atoms with Crippen LogP contribution in [0.3, 0.4) is 0 Å². The second kappa shape index (κ2) is 6.64. The number of rotatable bonds is 5. The van der Waals surface area contributed by atoms with Gasteiger partial charge in [0.2, 0.25) is 0 Å². The van der Waals surface area contributed by atoms with Crippen molar-refractivity contribution < 1.29 is 9.84 Å². The first-order valence-corrected chi connectivity index (χ1v) is 7.15. The number of aliphatic hydroxyl groups is 1. The van der Waals surface area contributed by atoms with Gasteiger partial charge in [0.25, 0.3) is 0 Å². The van der Waals surface area contributed by atoms with E-state index in [1.165, 1.54) is 0 Å². The van der Waals surface area contributed by atoms with Crippen molar-refractivity contribution in [1.82, 2.24) is 0 Å². The molecule has 0 aromatic heterocycles. The summed E-state index contributed by atoms with van der Waals surface area (Å²) in [7, 11) is 1.67. The van der Waals surface area contributed by atoms with Gasteiger partial charge in [-0.1, -0.05) is 43.0 Å². The molecule has 0 radical (unpaired) electrons. The highest BCUT2D eigenvalue weighted by Gasteiger charge is 2.11. The summed E-state index contributed by atoms with van der Waals surface area (Å²) in [6.07, 6.45) is 0.310. The molecule has 3 heteroatoms. The van der Waals surface area contributed by atoms with E-state index < -0.39 is 6.10 Å². The molecule has 0 saturated heterocycles. The highest BCUT2D eigenvalue weighted by atomic mass is 32.2. The number of ether oxygens (including phenoxy) is 1. The first kappa shape index (κ1) is 14.0. The van der Waals surface area contributed by atoms with Gasteiger partial charge in [-0.15, -0.1) is 0 Å². The summed E-state index contributed by atoms with van der Waals surface area (Å²) in [6.45, 7) is 1.98. The van der Waals surface area contributed by atoms with E-state index in [4.69, 9.17) is 4.74 Å². The molecule has 1 N–H and O–H groups in total. The number of methoxy groups -OCH3 is 1. The van der Waals surface area contributed by atoms with Crippen molar-refractivity contribution in [1.29, 1.82) is 0 Å². The van der Waals surface area contributed by atoms with Crippen LogP contribution in [-0.4, -0.2) is 12.2 Å². The fraction of sp³-hybridized carbons (Fsp3) is 0.250. The summed E-state index contributed by atoms with van der Waals surface area (Å²) >= 11 is 1.65. The lowest BCUT2D eigenvalue weighted by Crippen LogP contribution is -1.97. The Labute approximate surface area is 118 Å². The van der Waals surface area contributed by atoms with Crippen LogP contribution < -0.4 is 4.74 Å². The van der Waals surface area contributed by atoms with Gasteiger partial charge in [-0.25, -0.2) is 0 Å². The van der Waals surface area contributed by atoms with Crippen molar-refractivity contribution in [2.45, 2.75) is 29.2 Å². The largest absolute Gasteiger partial charge is 0.497 e. The van der Waals surface area contributed by atoms with Crippen molar-refractivity contribution in [3.05, 3.63) is 54.1 Å². The molecule has 0 saturated carbocycles. The van der Waals surface area contributed by atoms with E-state index in [2.05, 4.69) is 0 Å². The molecule has 19 heavy (non-hydrogen) atoms. The number of hydrogen-bond donors (Lipinski definition) is 1. The van der Waals surface area contributed by atoms with Crippen molar-refractivity contribution in [3.8, 4) is 5.75 Å². The van der Waals surface area contributed by atoms with Gasteiger partial charge in [-0.2, -0.15) is 0 Å². The van der Waals surface area contributed by atoms with Crippen molar-refractivity contribution >= 4 is 11.8 Å². The maximum atomic E-state index is 10.1. The predicted molar refractivity (Wildman–Crippen MR) is 78.8 cm³/mol. The molecule has 0 amide bonds. The molecule has 1 atom stereocenters. The minimum atomic E-state index is -0.408. The van der Waals surface area contributed by atoms with Gasteiger partial charge in [0.05, 0.1) is 13.2 Å². The maximum Gasteiger partial charge on any atom is 0.119 e. The molecular formula is C16H18O2S. The van der Waals surface area contributed by atoms with E-state index in [-0.39, 0.29) is 0 Å². The van der Waals surface area contributed by atoms with E-state index in [0.717, 1.165) is 27.5 Å². The molecule has 0 fully saturated rings. The van der Waals surface area contributed by atoms with E-state index in [1.807, 2.05) is 55.5 Å². The summed E-state index contributed by atoms with van der Waals surface area (Å²) in [4.78, 5) is 2.19. The van der Waals surface area contributed by atoms with Gasteiger partial charge in [-0.3, -0.25) is 0 Å². The zero-order chi connectivity index (χ0) is 13.7. The molecule has 2 nitrogen and oxygen atoms in total. The molecule has 2 aromatic carbocycles. The Morgan fingerprint density at radius 1 is 1.16 bits per heavy atom. The Bertz CT molecular complexity index is 540. The summed E-state index contributed by atoms with van der Waals surface area (Å²) in [5.74, 6) is 0.846. The zero-order valence-electron chi connectivity index (χ0n) is 11.2. The summed E-state index contributed by atoms with van der Waals surface area (Å²) < 4.78 is 5.23. The average molecular weight is 274 g/mol. The standard InChI is InChI=1S/C16H18O2S/c1-3-15(17)14-9-4-5-10-16(14)19-13-8-6-7-12(11-13)18-2/h4-11,15,17H,3H2,1-2H3/t15-/m0/s1. The lowest BCUT2D eigenvalue weighted by Gasteiger charge is -2.13. The van der Waals surface area contributed by atoms with Gasteiger partial charge in [0, 0.05) is 9.79 Å². The van der Waals surface area contributed by atoms with Gasteiger partial charge in [0.1, 0.15) is 5.75 Å². The summed E-state index contributed by atoms with van der Waals surface area (Å²) in [5.41, 5.74) is 0.984. The van der Waals surface area contributed by atoms with Gasteiger partial charge >= 0.3 is 0 Å². The van der Waals surface area contributed by atoms with E-state index in [0.29, 0.717) is 0 Å². The molecule has 100 valence electrons. The van der Waals surface area contributed by atoms with Gasteiger partial charge in [-0.05, 0) is 36.2 Å². The fourth-order valence-corrected chi connectivity index (χ4v) is 2.90. The van der Waals surface area contributed by atoms with Crippen LogP contribution in [0.4, 0.5) is 0 Å². The highest BCUT2D eigenvalue weighted by molar-refractivity contribution is 7.99. The molecular weight excluding hydrogens is 256 g/mol. The third-order valence-electron chi connectivity index (χ3n) is 2.93. The second-order valence-corrected chi connectivity index (χ2v) is 5.36. The fourth-order valence-electron chi connectivity index (χ4n) is 1.86. The third-order valence-corrected chi connectivity index (χ3v) is 4.02. The molecule has 2 rings (SSSR count). The molecule has 0 heterocycles. The lowest BCUT2D eigenvalue weighted by molar-refractivity contribution is 0.171. The molecule has 0 aliphatic rings. The normalized spacial score (nSPS) is 12.2. The second-order valence-electron chi connectivity index (χ2n) is 4.24. The SMILES string of the molecule is CC[C@H](O)c1ccccc1Sc1cccc(OC)c1. The molecule has 0 unspecified atom stereocenters. The summed E-state index contributed by atoms with van der Waals surface area (Å²) in [5, 5.41) is 10.1. The smallest absolute Gasteiger partial charge is 0.119 e. The topological polar surface area (TPSA) is 29.5 Å². The minimum absolute atomic E-state index is 0.408. The van der Waals surface area contributed by atoms with Crippen LogP contribution in [-0.2, 0) is 0 Å². The van der Waals surface area contributed by atoms with Crippen molar-refractivity contribution in [3.63, 3.8) is 0 Å². The van der Waals surface area contributed by atoms with Crippen LogP contribution in [0, 0.1) is 0 Å². The minimum Gasteiger partial charge on any atom is -0.497 e. The Morgan fingerprint density at radius 2 is 1.95 bits per heavy atom. The molecule has 0 aliphatic carbocycles. The lowest BCUT2D eigenvalue weighted by atomic mass is 10.1. The van der Waals surface area contributed by atoms with Gasteiger partial charge in [0.15, 0.2) is 0 Å². The van der Waals surface area contributed by atoms with E-state index >= 15 is 0 Å². The quantitative estimate of drug-likeness (QED) is 0.882. The first-order valence-electron chi connectivity index (χ1n) is 6.33. The average Bonchev–Trinajstić information content (AvgIpc) is 2.47. The van der Waals surface area contributed by atoms with Crippen LogP contribution in [0.15, 0.2) is 58.3 Å². The molecule has 0 bridgehead atoms. The zero-order valence-corrected chi connectivity index (χ0v) is 12.0. The Balaban J connectivity index is 2.27. The van der Waals surface area contributed by atoms with Crippen LogP contribution in [0.1, 0.15) is 25.0 Å². The summed E-state index contributed by atoms with van der Waals surface area (Å²) in [6, 6.07) is 15.9. The maximum absolute atomic E-state index is 10.1. The van der Waals surface area contributed by atoms with Crippen molar-refractivity contribution in [2.24, 2.45) is 0 Å². The Morgan fingerprint density at radius 3 is 2.68 bits per heavy atom. The van der Waals surface area contributed by atoms with Gasteiger partial charge < -0.3 is 9.84 Å². The van der Waals surface area contributed by atoms with E-state index in [1.54, 1.807) is 18.9 Å². The third kappa shape index (κ3) is 3.52. The first-order chi connectivity index (χ1) is 9.24. The number of benzene rings is 2. The number of hydrogen-bond acceptors (Lipinski definition) is 3. The Hall–Kier alpha value is -1.45. The van der Waals surface area contributed by atoms with Crippen LogP contribution in [0.25, 0.3) is 0 Å². The molecule has 0 spiro atoms. The Kier molecular flexibility index (Phi) is 4.88. The molecule has 0 aliphatic heterocycles. The predicted octanol–water partition coefficient (Wildman–Crippen LogP) is 4.29. The van der Waals surface area contributed by atoms with E-state index in [9.17, 15) is 5.11 Å². The van der Waals surface area contributed by atoms with Crippen molar-refractivity contribution in [2.75, 3.05) is 7.11 Å². The van der Waals surface area contributed by atoms with Crippen LogP contribution in [0.2, 0.25) is 0 Å². The monoisotopic (exact) mass is 274 g/mol. The molecule has 2 aromatic rings. The highest BCUT2D eigenvalue weighted by Crippen LogP contribution is 2.35.